The molecule has 6 nitrogen and oxygen atoms in total. The molecule has 1 aromatic heterocycles. The van der Waals surface area contributed by atoms with Crippen LogP contribution in [-0.2, 0) is 0 Å². The van der Waals surface area contributed by atoms with E-state index in [2.05, 4.69) is 27.5 Å². The highest BCUT2D eigenvalue weighted by Gasteiger charge is 2.11. The maximum absolute atomic E-state index is 11.9. The Morgan fingerprint density at radius 3 is 2.91 bits per heavy atom. The highest BCUT2D eigenvalue weighted by molar-refractivity contribution is 7.14. The maximum Gasteiger partial charge on any atom is 0.325 e. The first-order valence-electron chi connectivity index (χ1n) is 6.58. The van der Waals surface area contributed by atoms with Crippen LogP contribution in [0.25, 0.3) is 0 Å². The molecule has 0 unspecified atom stereocenters. The van der Waals surface area contributed by atoms with Crippen molar-refractivity contribution in [1.82, 2.24) is 10.3 Å². The molecule has 2 rings (SSSR count). The Labute approximate surface area is 132 Å². The SMILES string of the molecule is C=CCNC(=O)c1csc(NC(=O)Nc2cccc(C)c2)n1. The Hall–Kier alpha value is -2.67. The summed E-state index contributed by atoms with van der Waals surface area (Å²) >= 11 is 1.18. The molecule has 7 heteroatoms. The Morgan fingerprint density at radius 1 is 1.36 bits per heavy atom. The van der Waals surface area contributed by atoms with Crippen LogP contribution in [-0.4, -0.2) is 23.5 Å². The van der Waals surface area contributed by atoms with Gasteiger partial charge in [-0.05, 0) is 24.6 Å². The van der Waals surface area contributed by atoms with Crippen molar-refractivity contribution < 1.29 is 9.59 Å². The van der Waals surface area contributed by atoms with Gasteiger partial charge in [0.05, 0.1) is 0 Å². The minimum absolute atomic E-state index is 0.262. The number of urea groups is 1. The van der Waals surface area contributed by atoms with Gasteiger partial charge >= 0.3 is 6.03 Å². The number of hydrogen-bond donors (Lipinski definition) is 3. The van der Waals surface area contributed by atoms with Crippen LogP contribution in [0.3, 0.4) is 0 Å². The van der Waals surface area contributed by atoms with Gasteiger partial charge < -0.3 is 10.6 Å². The zero-order valence-corrected chi connectivity index (χ0v) is 12.9. The number of aromatic nitrogens is 1. The predicted molar refractivity (Wildman–Crippen MR) is 88.5 cm³/mol. The molecule has 0 atom stereocenters. The van der Waals surface area contributed by atoms with Crippen LogP contribution in [0.1, 0.15) is 16.1 Å². The minimum atomic E-state index is -0.405. The molecule has 2 aromatic rings. The average molecular weight is 316 g/mol. The van der Waals surface area contributed by atoms with Gasteiger partial charge in [0, 0.05) is 17.6 Å². The fourth-order valence-electron chi connectivity index (χ4n) is 1.67. The van der Waals surface area contributed by atoms with Crippen molar-refractivity contribution in [3.8, 4) is 0 Å². The number of carbonyl (C=O) groups excluding carboxylic acids is 2. The summed E-state index contributed by atoms with van der Waals surface area (Å²) in [6, 6.07) is 7.05. The van der Waals surface area contributed by atoms with Crippen LogP contribution in [0.5, 0.6) is 0 Å². The third-order valence-electron chi connectivity index (χ3n) is 2.64. The van der Waals surface area contributed by atoms with Crippen LogP contribution >= 0.6 is 11.3 Å². The molecule has 22 heavy (non-hydrogen) atoms. The van der Waals surface area contributed by atoms with Crippen LogP contribution in [0.2, 0.25) is 0 Å². The normalized spacial score (nSPS) is 9.86. The molecular formula is C15H16N4O2S. The number of anilines is 2. The third-order valence-corrected chi connectivity index (χ3v) is 3.40. The quantitative estimate of drug-likeness (QED) is 0.741. The van der Waals surface area contributed by atoms with E-state index in [1.165, 1.54) is 11.3 Å². The van der Waals surface area contributed by atoms with Gasteiger partial charge in [0.1, 0.15) is 5.69 Å². The molecule has 0 radical (unpaired) electrons. The molecule has 0 aliphatic rings. The third kappa shape index (κ3) is 4.42. The fraction of sp³-hybridized carbons (Fsp3) is 0.133. The van der Waals surface area contributed by atoms with Gasteiger partial charge in [0.2, 0.25) is 0 Å². The Kier molecular flexibility index (Phi) is 5.26. The van der Waals surface area contributed by atoms with Gasteiger partial charge in [0.25, 0.3) is 5.91 Å². The molecule has 0 spiro atoms. The summed E-state index contributed by atoms with van der Waals surface area (Å²) in [5.74, 6) is -0.303. The summed E-state index contributed by atoms with van der Waals surface area (Å²) in [5, 5.41) is 9.86. The van der Waals surface area contributed by atoms with Crippen LogP contribution in [0.15, 0.2) is 42.3 Å². The number of amides is 3. The molecule has 0 saturated heterocycles. The van der Waals surface area contributed by atoms with Crippen molar-refractivity contribution in [2.45, 2.75) is 6.92 Å². The van der Waals surface area contributed by atoms with Crippen molar-refractivity contribution in [2.24, 2.45) is 0 Å². The zero-order valence-electron chi connectivity index (χ0n) is 12.1. The standard InChI is InChI=1S/C15H16N4O2S/c1-3-7-16-13(20)12-9-22-15(18-12)19-14(21)17-11-6-4-5-10(2)8-11/h3-6,8-9H,1,7H2,2H3,(H,16,20)(H2,17,18,19,21). The summed E-state index contributed by atoms with van der Waals surface area (Å²) in [5.41, 5.74) is 2.00. The average Bonchev–Trinajstić information content (AvgIpc) is 2.93. The summed E-state index contributed by atoms with van der Waals surface area (Å²) < 4.78 is 0. The number of nitrogens with zero attached hydrogens (tertiary/aromatic N) is 1. The second-order valence-electron chi connectivity index (χ2n) is 4.49. The number of thiazole rings is 1. The summed E-state index contributed by atoms with van der Waals surface area (Å²) in [6.07, 6.45) is 1.58. The topological polar surface area (TPSA) is 83.1 Å². The summed E-state index contributed by atoms with van der Waals surface area (Å²) in [4.78, 5) is 27.6. The number of rotatable bonds is 5. The van der Waals surface area contributed by atoms with Gasteiger partial charge in [-0.15, -0.1) is 17.9 Å². The molecule has 3 N–H and O–H groups in total. The smallest absolute Gasteiger partial charge is 0.325 e. The lowest BCUT2D eigenvalue weighted by Gasteiger charge is -2.05. The fourth-order valence-corrected chi connectivity index (χ4v) is 2.36. The number of benzene rings is 1. The van der Waals surface area contributed by atoms with E-state index >= 15 is 0 Å². The first kappa shape index (κ1) is 15.7. The Balaban J connectivity index is 1.93. The van der Waals surface area contributed by atoms with Crippen LogP contribution in [0.4, 0.5) is 15.6 Å². The Morgan fingerprint density at radius 2 is 2.18 bits per heavy atom. The molecule has 1 aromatic carbocycles. The number of nitrogens with one attached hydrogen (secondary N) is 3. The van der Waals surface area contributed by atoms with E-state index in [4.69, 9.17) is 0 Å². The number of hydrogen-bond acceptors (Lipinski definition) is 4. The van der Waals surface area contributed by atoms with Crippen molar-refractivity contribution >= 4 is 34.1 Å². The lowest BCUT2D eigenvalue weighted by molar-refractivity contribution is 0.0954. The second-order valence-corrected chi connectivity index (χ2v) is 5.34. The molecule has 0 bridgehead atoms. The highest BCUT2D eigenvalue weighted by Crippen LogP contribution is 2.16. The molecule has 0 saturated carbocycles. The highest BCUT2D eigenvalue weighted by atomic mass is 32.1. The minimum Gasteiger partial charge on any atom is -0.347 e. The van der Waals surface area contributed by atoms with Gasteiger partial charge in [-0.25, -0.2) is 9.78 Å². The molecule has 114 valence electrons. The van der Waals surface area contributed by atoms with E-state index in [0.717, 1.165) is 5.56 Å². The van der Waals surface area contributed by atoms with Gasteiger partial charge in [-0.3, -0.25) is 10.1 Å². The lowest BCUT2D eigenvalue weighted by Crippen LogP contribution is -2.24. The van der Waals surface area contributed by atoms with E-state index in [1.54, 1.807) is 17.5 Å². The van der Waals surface area contributed by atoms with E-state index in [-0.39, 0.29) is 11.6 Å². The van der Waals surface area contributed by atoms with Crippen molar-refractivity contribution in [1.29, 1.82) is 0 Å². The number of aryl methyl sites for hydroxylation is 1. The molecule has 0 aliphatic heterocycles. The lowest BCUT2D eigenvalue weighted by atomic mass is 10.2. The van der Waals surface area contributed by atoms with Gasteiger partial charge in [-0.1, -0.05) is 18.2 Å². The first-order valence-corrected chi connectivity index (χ1v) is 7.46. The van der Waals surface area contributed by atoms with Crippen molar-refractivity contribution in [3.05, 3.63) is 53.6 Å². The van der Waals surface area contributed by atoms with Gasteiger partial charge in [0.15, 0.2) is 5.13 Å². The molecule has 3 amide bonds. The van der Waals surface area contributed by atoms with Gasteiger partial charge in [-0.2, -0.15) is 0 Å². The number of carbonyl (C=O) groups is 2. The van der Waals surface area contributed by atoms with Crippen LogP contribution in [0, 0.1) is 6.92 Å². The molecule has 0 aliphatic carbocycles. The van der Waals surface area contributed by atoms with Crippen molar-refractivity contribution in [2.75, 3.05) is 17.2 Å². The largest absolute Gasteiger partial charge is 0.347 e. The Bertz CT molecular complexity index is 696. The summed E-state index contributed by atoms with van der Waals surface area (Å²) in [7, 11) is 0. The monoisotopic (exact) mass is 316 g/mol. The van der Waals surface area contributed by atoms with E-state index in [0.29, 0.717) is 17.4 Å². The molecule has 1 heterocycles. The van der Waals surface area contributed by atoms with Crippen molar-refractivity contribution in [3.63, 3.8) is 0 Å². The maximum atomic E-state index is 11.9. The predicted octanol–water partition coefficient (Wildman–Crippen LogP) is 3.01. The van der Waals surface area contributed by atoms with E-state index < -0.39 is 6.03 Å². The van der Waals surface area contributed by atoms with E-state index in [1.807, 2.05) is 25.1 Å². The van der Waals surface area contributed by atoms with Crippen LogP contribution < -0.4 is 16.0 Å². The molecular weight excluding hydrogens is 300 g/mol. The van der Waals surface area contributed by atoms with E-state index in [9.17, 15) is 9.59 Å². The summed E-state index contributed by atoms with van der Waals surface area (Å²) in [6.45, 7) is 5.83. The molecule has 0 fully saturated rings. The zero-order chi connectivity index (χ0) is 15.9. The second kappa shape index (κ2) is 7.37. The first-order chi connectivity index (χ1) is 10.6.